The highest BCUT2D eigenvalue weighted by molar-refractivity contribution is 7.99. The van der Waals surface area contributed by atoms with Crippen molar-refractivity contribution in [2.75, 3.05) is 0 Å². The maximum atomic E-state index is 6.01. The minimum absolute atomic E-state index is 0.171. The number of hydrogen-bond donors (Lipinski definition) is 0. The van der Waals surface area contributed by atoms with Crippen molar-refractivity contribution < 1.29 is 4.42 Å². The molecule has 0 amide bonds. The van der Waals surface area contributed by atoms with E-state index in [9.17, 15) is 0 Å². The average molecular weight is 370 g/mol. The van der Waals surface area contributed by atoms with Crippen LogP contribution in [-0.4, -0.2) is 10.2 Å². The molecule has 0 atom stereocenters. The van der Waals surface area contributed by atoms with Crippen molar-refractivity contribution in [1.82, 2.24) is 10.2 Å². The molecule has 5 rings (SSSR count). The minimum atomic E-state index is 0.171. The molecule has 3 nitrogen and oxygen atoms in total. The fourth-order valence-electron chi connectivity index (χ4n) is 3.81. The molecule has 132 valence electrons. The molecule has 0 aliphatic heterocycles. The van der Waals surface area contributed by atoms with Gasteiger partial charge in [0.15, 0.2) is 0 Å². The molecular formula is C23H18N2OS. The molecule has 1 aliphatic rings. The van der Waals surface area contributed by atoms with E-state index >= 15 is 0 Å². The van der Waals surface area contributed by atoms with Gasteiger partial charge >= 0.3 is 0 Å². The topological polar surface area (TPSA) is 38.9 Å². The van der Waals surface area contributed by atoms with Crippen molar-refractivity contribution in [3.05, 3.63) is 89.0 Å². The van der Waals surface area contributed by atoms with Crippen molar-refractivity contribution in [1.29, 1.82) is 0 Å². The number of rotatable bonds is 3. The Balaban J connectivity index is 1.51. The molecule has 0 unspecified atom stereocenters. The summed E-state index contributed by atoms with van der Waals surface area (Å²) in [6.07, 6.45) is 0. The first kappa shape index (κ1) is 16.3. The molecule has 27 heavy (non-hydrogen) atoms. The van der Waals surface area contributed by atoms with Crippen molar-refractivity contribution >= 4 is 11.8 Å². The molecule has 4 heteroatoms. The summed E-state index contributed by atoms with van der Waals surface area (Å²) in [4.78, 5) is 0. The van der Waals surface area contributed by atoms with E-state index < -0.39 is 0 Å². The average Bonchev–Trinajstić information content (AvgIpc) is 3.26. The zero-order valence-corrected chi connectivity index (χ0v) is 16.0. The quantitative estimate of drug-likeness (QED) is 0.429. The van der Waals surface area contributed by atoms with Gasteiger partial charge in [-0.3, -0.25) is 0 Å². The van der Waals surface area contributed by atoms with Crippen LogP contribution < -0.4 is 0 Å². The lowest BCUT2D eigenvalue weighted by molar-refractivity contribution is 0.465. The summed E-state index contributed by atoms with van der Waals surface area (Å²) in [6, 6.07) is 23.4. The lowest BCUT2D eigenvalue weighted by Gasteiger charge is -2.10. The fourth-order valence-corrected chi connectivity index (χ4v) is 4.89. The van der Waals surface area contributed by atoms with E-state index in [4.69, 9.17) is 4.42 Å². The van der Waals surface area contributed by atoms with Gasteiger partial charge in [-0.05, 0) is 48.2 Å². The van der Waals surface area contributed by atoms with Crippen LogP contribution >= 0.6 is 11.8 Å². The summed E-state index contributed by atoms with van der Waals surface area (Å²) in [5, 5.41) is 9.36. The monoisotopic (exact) mass is 370 g/mol. The van der Waals surface area contributed by atoms with Gasteiger partial charge in [-0.15, -0.1) is 10.2 Å². The van der Waals surface area contributed by atoms with Gasteiger partial charge in [-0.25, -0.2) is 0 Å². The molecule has 4 aromatic rings. The van der Waals surface area contributed by atoms with Gasteiger partial charge in [-0.2, -0.15) is 0 Å². The van der Waals surface area contributed by atoms with Gasteiger partial charge in [0.05, 0.1) is 5.25 Å². The van der Waals surface area contributed by atoms with Crippen LogP contribution in [0.15, 0.2) is 76.4 Å². The summed E-state index contributed by atoms with van der Waals surface area (Å²) in [7, 11) is 0. The van der Waals surface area contributed by atoms with Gasteiger partial charge in [-0.1, -0.05) is 77.5 Å². The van der Waals surface area contributed by atoms with Gasteiger partial charge in [0.1, 0.15) is 0 Å². The Morgan fingerprint density at radius 3 is 2.00 bits per heavy atom. The Labute approximate surface area is 162 Å². The number of hydrogen-bond acceptors (Lipinski definition) is 4. The number of thioether (sulfide) groups is 1. The van der Waals surface area contributed by atoms with Crippen molar-refractivity contribution in [2.45, 2.75) is 24.3 Å². The largest absolute Gasteiger partial charge is 0.411 e. The number of benzene rings is 3. The lowest BCUT2D eigenvalue weighted by atomic mass is 10.1. The predicted molar refractivity (Wildman–Crippen MR) is 109 cm³/mol. The third kappa shape index (κ3) is 2.86. The highest BCUT2D eigenvalue weighted by Crippen LogP contribution is 2.51. The second-order valence-corrected chi connectivity index (χ2v) is 7.98. The van der Waals surface area contributed by atoms with Crippen LogP contribution in [0.25, 0.3) is 22.6 Å². The smallest absolute Gasteiger partial charge is 0.277 e. The Morgan fingerprint density at radius 1 is 0.778 bits per heavy atom. The Kier molecular flexibility index (Phi) is 3.87. The number of aryl methyl sites for hydroxylation is 2. The summed E-state index contributed by atoms with van der Waals surface area (Å²) < 4.78 is 6.01. The summed E-state index contributed by atoms with van der Waals surface area (Å²) in [6.45, 7) is 4.16. The van der Waals surface area contributed by atoms with Gasteiger partial charge in [0, 0.05) is 5.56 Å². The van der Waals surface area contributed by atoms with E-state index in [1.54, 1.807) is 11.8 Å². The molecule has 3 aromatic carbocycles. The van der Waals surface area contributed by atoms with E-state index in [0.717, 1.165) is 5.56 Å². The van der Waals surface area contributed by atoms with Crippen LogP contribution in [0.3, 0.4) is 0 Å². The van der Waals surface area contributed by atoms with E-state index in [0.29, 0.717) is 11.1 Å². The van der Waals surface area contributed by atoms with Gasteiger partial charge in [0.25, 0.3) is 5.22 Å². The van der Waals surface area contributed by atoms with Crippen LogP contribution in [0.2, 0.25) is 0 Å². The van der Waals surface area contributed by atoms with E-state index in [-0.39, 0.29) is 5.25 Å². The van der Waals surface area contributed by atoms with E-state index in [1.807, 2.05) is 0 Å². The fraction of sp³-hybridized carbons (Fsp3) is 0.130. The molecule has 0 spiro atoms. The zero-order valence-electron chi connectivity index (χ0n) is 15.1. The van der Waals surface area contributed by atoms with Crippen LogP contribution in [0, 0.1) is 13.8 Å². The van der Waals surface area contributed by atoms with E-state index in [1.165, 1.54) is 33.4 Å². The first-order chi connectivity index (χ1) is 13.2. The van der Waals surface area contributed by atoms with E-state index in [2.05, 4.69) is 90.8 Å². The highest BCUT2D eigenvalue weighted by Gasteiger charge is 2.30. The SMILES string of the molecule is Cc1cc(C)cc(-c2nnc(SC3c4ccccc4-c4ccccc43)o2)c1. The summed E-state index contributed by atoms with van der Waals surface area (Å²) in [5.74, 6) is 0.573. The third-order valence-electron chi connectivity index (χ3n) is 4.87. The maximum absolute atomic E-state index is 6.01. The molecule has 1 aliphatic carbocycles. The standard InChI is InChI=1S/C23H18N2OS/c1-14-11-15(2)13-16(12-14)22-24-25-23(26-22)27-21-19-9-5-3-7-17(19)18-8-4-6-10-20(18)21/h3-13,21H,1-2H3. The van der Waals surface area contributed by atoms with Crippen molar-refractivity contribution in [3.8, 4) is 22.6 Å². The minimum Gasteiger partial charge on any atom is -0.411 e. The zero-order chi connectivity index (χ0) is 18.4. The van der Waals surface area contributed by atoms with Crippen LogP contribution in [-0.2, 0) is 0 Å². The Bertz CT molecular complexity index is 1080. The van der Waals surface area contributed by atoms with Gasteiger partial charge < -0.3 is 4.42 Å². The van der Waals surface area contributed by atoms with Crippen molar-refractivity contribution in [2.24, 2.45) is 0 Å². The molecule has 1 heterocycles. The Hall–Kier alpha value is -2.85. The van der Waals surface area contributed by atoms with Gasteiger partial charge in [0.2, 0.25) is 5.89 Å². The predicted octanol–water partition coefficient (Wildman–Crippen LogP) is 6.22. The normalized spacial score (nSPS) is 12.8. The van der Waals surface area contributed by atoms with Crippen LogP contribution in [0.5, 0.6) is 0 Å². The highest BCUT2D eigenvalue weighted by atomic mass is 32.2. The molecule has 1 aromatic heterocycles. The first-order valence-corrected chi connectivity index (χ1v) is 9.84. The lowest BCUT2D eigenvalue weighted by Crippen LogP contribution is -1.91. The molecular weight excluding hydrogens is 352 g/mol. The molecule has 0 saturated heterocycles. The molecule has 0 saturated carbocycles. The molecule has 0 bridgehead atoms. The molecule has 0 radical (unpaired) electrons. The number of nitrogens with zero attached hydrogens (tertiary/aromatic N) is 2. The third-order valence-corrected chi connectivity index (χ3v) is 5.98. The molecule has 0 fully saturated rings. The Morgan fingerprint density at radius 2 is 1.37 bits per heavy atom. The number of aromatic nitrogens is 2. The number of fused-ring (bicyclic) bond motifs is 3. The van der Waals surface area contributed by atoms with Crippen molar-refractivity contribution in [3.63, 3.8) is 0 Å². The second kappa shape index (κ2) is 6.39. The first-order valence-electron chi connectivity index (χ1n) is 8.96. The second-order valence-electron chi connectivity index (χ2n) is 6.92. The summed E-state index contributed by atoms with van der Waals surface area (Å²) in [5.41, 5.74) is 8.54. The summed E-state index contributed by atoms with van der Waals surface area (Å²) >= 11 is 1.62. The van der Waals surface area contributed by atoms with Crippen LogP contribution in [0.4, 0.5) is 0 Å². The van der Waals surface area contributed by atoms with Crippen LogP contribution in [0.1, 0.15) is 27.5 Å². The maximum Gasteiger partial charge on any atom is 0.277 e. The molecule has 0 N–H and O–H groups in total.